The highest BCUT2D eigenvalue weighted by atomic mass is 19.3. The van der Waals surface area contributed by atoms with Crippen LogP contribution >= 0.6 is 0 Å². The lowest BCUT2D eigenvalue weighted by atomic mass is 10.3. The van der Waals surface area contributed by atoms with E-state index >= 15 is 0 Å². The highest BCUT2D eigenvalue weighted by molar-refractivity contribution is 4.63. The van der Waals surface area contributed by atoms with E-state index in [9.17, 15) is 8.78 Å². The minimum Gasteiger partial charge on any atom is -0.385 e. The van der Waals surface area contributed by atoms with Crippen molar-refractivity contribution in [1.82, 2.24) is 20.2 Å². The molecule has 1 aromatic rings. The van der Waals surface area contributed by atoms with E-state index in [1.54, 1.807) is 0 Å². The number of aromatic nitrogens is 4. The second-order valence-electron chi connectivity index (χ2n) is 1.99. The molecular formula is C4H6F2N4O. The van der Waals surface area contributed by atoms with E-state index < -0.39 is 12.2 Å². The summed E-state index contributed by atoms with van der Waals surface area (Å²) in [6.07, 6.45) is -0.965. The molecule has 1 heterocycles. The number of nitrogens with zero attached hydrogens (tertiary/aromatic N) is 4. The highest BCUT2D eigenvalue weighted by Crippen LogP contribution is 2.21. The van der Waals surface area contributed by atoms with E-state index in [2.05, 4.69) is 15.4 Å². The van der Waals surface area contributed by atoms with Crippen LogP contribution in [0.5, 0.6) is 0 Å². The summed E-state index contributed by atoms with van der Waals surface area (Å²) in [5.41, 5.74) is 0. The first kappa shape index (κ1) is 7.99. The third kappa shape index (κ3) is 1.32. The van der Waals surface area contributed by atoms with Gasteiger partial charge in [-0.1, -0.05) is 4.80 Å². The molecule has 1 unspecified atom stereocenters. The summed E-state index contributed by atoms with van der Waals surface area (Å²) in [6.45, 7) is 0.948. The maximum absolute atomic E-state index is 12.7. The van der Waals surface area contributed by atoms with Gasteiger partial charge < -0.3 is 5.11 Å². The molecule has 0 spiro atoms. The normalized spacial score (nSPS) is 14.9. The molecular weight excluding hydrogens is 158 g/mol. The molecule has 7 heteroatoms. The lowest BCUT2D eigenvalue weighted by Crippen LogP contribution is -2.36. The van der Waals surface area contributed by atoms with Gasteiger partial charge in [-0.25, -0.2) is 0 Å². The van der Waals surface area contributed by atoms with E-state index in [0.29, 0.717) is 0 Å². The number of aliphatic hydroxyl groups excluding tert-OH is 1. The van der Waals surface area contributed by atoms with Crippen LogP contribution in [-0.4, -0.2) is 31.4 Å². The molecule has 0 aliphatic carbocycles. The van der Waals surface area contributed by atoms with Crippen LogP contribution < -0.4 is 0 Å². The van der Waals surface area contributed by atoms with Gasteiger partial charge in [0.1, 0.15) is 6.10 Å². The van der Waals surface area contributed by atoms with Crippen molar-refractivity contribution < 1.29 is 13.9 Å². The van der Waals surface area contributed by atoms with E-state index in [1.165, 1.54) is 0 Å². The van der Waals surface area contributed by atoms with Crippen LogP contribution in [0.15, 0.2) is 6.33 Å². The summed E-state index contributed by atoms with van der Waals surface area (Å²) in [6, 6.07) is -3.49. The topological polar surface area (TPSA) is 63.8 Å². The van der Waals surface area contributed by atoms with Crippen LogP contribution in [0.1, 0.15) is 6.92 Å². The van der Waals surface area contributed by atoms with Gasteiger partial charge in [-0.05, 0) is 12.1 Å². The maximum atomic E-state index is 12.7. The van der Waals surface area contributed by atoms with E-state index in [0.717, 1.165) is 13.3 Å². The van der Waals surface area contributed by atoms with Crippen molar-refractivity contribution in [1.29, 1.82) is 0 Å². The molecule has 0 aliphatic heterocycles. The van der Waals surface area contributed by atoms with Gasteiger partial charge >= 0.3 is 6.05 Å². The van der Waals surface area contributed by atoms with Gasteiger partial charge in [0.25, 0.3) is 0 Å². The number of halogens is 2. The Kier molecular flexibility index (Phi) is 1.81. The average molecular weight is 164 g/mol. The standard InChI is InChI=1S/C4H6F2N4O/c1-3(11)4(5,6)10-8-2-7-9-10/h2-3,11H,1H3. The van der Waals surface area contributed by atoms with E-state index in [1.807, 2.05) is 0 Å². The van der Waals surface area contributed by atoms with Gasteiger partial charge in [0, 0.05) is 0 Å². The lowest BCUT2D eigenvalue weighted by Gasteiger charge is -2.16. The monoisotopic (exact) mass is 164 g/mol. The predicted molar refractivity (Wildman–Crippen MR) is 29.7 cm³/mol. The molecule has 62 valence electrons. The fourth-order valence-corrected chi connectivity index (χ4v) is 0.471. The molecule has 0 fully saturated rings. The quantitative estimate of drug-likeness (QED) is 0.646. The summed E-state index contributed by atoms with van der Waals surface area (Å²) in [4.78, 5) is 0.0671. The fourth-order valence-electron chi connectivity index (χ4n) is 0.471. The Morgan fingerprint density at radius 2 is 2.27 bits per heavy atom. The lowest BCUT2D eigenvalue weighted by molar-refractivity contribution is -0.181. The molecule has 0 saturated carbocycles. The van der Waals surface area contributed by atoms with Crippen LogP contribution in [0.3, 0.4) is 0 Å². The Morgan fingerprint density at radius 3 is 2.64 bits per heavy atom. The molecule has 11 heavy (non-hydrogen) atoms. The van der Waals surface area contributed by atoms with Crippen molar-refractivity contribution >= 4 is 0 Å². The molecule has 0 aliphatic rings. The van der Waals surface area contributed by atoms with Crippen molar-refractivity contribution in [2.24, 2.45) is 0 Å². The zero-order valence-corrected chi connectivity index (χ0v) is 5.65. The SMILES string of the molecule is CC(O)C(F)(F)n1ncnn1. The first-order chi connectivity index (χ1) is 5.05. The van der Waals surface area contributed by atoms with Crippen LogP contribution in [0, 0.1) is 0 Å². The molecule has 1 rings (SSSR count). The molecule has 0 aromatic carbocycles. The second kappa shape index (κ2) is 2.50. The Labute approximate surface area is 60.6 Å². The zero-order chi connectivity index (χ0) is 8.48. The Hall–Kier alpha value is -1.11. The number of hydrogen-bond acceptors (Lipinski definition) is 4. The number of tetrazole rings is 1. The zero-order valence-electron chi connectivity index (χ0n) is 5.65. The summed E-state index contributed by atoms with van der Waals surface area (Å²) in [7, 11) is 0. The highest BCUT2D eigenvalue weighted by Gasteiger charge is 2.39. The summed E-state index contributed by atoms with van der Waals surface area (Å²) in [5.74, 6) is 0. The third-order valence-corrected chi connectivity index (χ3v) is 1.12. The first-order valence-electron chi connectivity index (χ1n) is 2.84. The summed E-state index contributed by atoms with van der Waals surface area (Å²) >= 11 is 0. The summed E-state index contributed by atoms with van der Waals surface area (Å²) in [5, 5.41) is 17.7. The second-order valence-corrected chi connectivity index (χ2v) is 1.99. The van der Waals surface area contributed by atoms with Gasteiger partial charge in [0.2, 0.25) is 0 Å². The van der Waals surface area contributed by atoms with E-state index in [4.69, 9.17) is 5.11 Å². The van der Waals surface area contributed by atoms with Crippen LogP contribution in [0.4, 0.5) is 8.78 Å². The Bertz CT molecular complexity index is 222. The first-order valence-corrected chi connectivity index (χ1v) is 2.84. The number of alkyl halides is 2. The van der Waals surface area contributed by atoms with Crippen LogP contribution in [-0.2, 0) is 6.05 Å². The predicted octanol–water partition coefficient (Wildman–Crippen LogP) is -0.397. The molecule has 5 nitrogen and oxygen atoms in total. The van der Waals surface area contributed by atoms with Crippen LogP contribution in [0.2, 0.25) is 0 Å². The maximum Gasteiger partial charge on any atom is 0.385 e. The van der Waals surface area contributed by atoms with Crippen molar-refractivity contribution in [2.75, 3.05) is 0 Å². The average Bonchev–Trinajstić information content (AvgIpc) is 2.37. The number of aliphatic hydroxyl groups is 1. The molecule has 0 amide bonds. The van der Waals surface area contributed by atoms with Crippen molar-refractivity contribution in [2.45, 2.75) is 19.1 Å². The Morgan fingerprint density at radius 1 is 1.64 bits per heavy atom. The minimum atomic E-state index is -3.49. The molecule has 1 N–H and O–H groups in total. The van der Waals surface area contributed by atoms with Crippen molar-refractivity contribution in [3.8, 4) is 0 Å². The molecule has 1 aromatic heterocycles. The molecule has 0 saturated heterocycles. The largest absolute Gasteiger partial charge is 0.385 e. The smallest absolute Gasteiger partial charge is 0.385 e. The fraction of sp³-hybridized carbons (Fsp3) is 0.750. The van der Waals surface area contributed by atoms with Gasteiger partial charge in [-0.3, -0.25) is 0 Å². The van der Waals surface area contributed by atoms with Gasteiger partial charge in [0.05, 0.1) is 0 Å². The molecule has 0 bridgehead atoms. The van der Waals surface area contributed by atoms with E-state index in [-0.39, 0.29) is 4.80 Å². The van der Waals surface area contributed by atoms with Gasteiger partial charge in [-0.2, -0.15) is 8.78 Å². The molecule has 0 radical (unpaired) electrons. The Balaban J connectivity index is 2.90. The summed E-state index contributed by atoms with van der Waals surface area (Å²) < 4.78 is 25.3. The third-order valence-electron chi connectivity index (χ3n) is 1.12. The van der Waals surface area contributed by atoms with Gasteiger partial charge in [0.15, 0.2) is 6.33 Å². The number of hydrogen-bond donors (Lipinski definition) is 1. The van der Waals surface area contributed by atoms with Gasteiger partial charge in [-0.15, -0.1) is 10.2 Å². The molecule has 1 atom stereocenters. The van der Waals surface area contributed by atoms with Crippen LogP contribution in [0.25, 0.3) is 0 Å². The number of rotatable bonds is 2. The van der Waals surface area contributed by atoms with Crippen molar-refractivity contribution in [3.63, 3.8) is 0 Å². The minimum absolute atomic E-state index is 0.0671. The van der Waals surface area contributed by atoms with Crippen molar-refractivity contribution in [3.05, 3.63) is 6.33 Å².